The highest BCUT2D eigenvalue weighted by Crippen LogP contribution is 2.40. The molecule has 202 valence electrons. The number of hydrogen-bond acceptors (Lipinski definition) is 5. The molecule has 4 rings (SSSR count). The molecular formula is C30H42N2O5. The minimum Gasteiger partial charge on any atom is -0.461 e. The van der Waals surface area contributed by atoms with Crippen molar-refractivity contribution in [3.63, 3.8) is 0 Å². The van der Waals surface area contributed by atoms with Crippen molar-refractivity contribution in [3.8, 4) is 0 Å². The molecule has 1 N–H and O–H groups in total. The van der Waals surface area contributed by atoms with E-state index in [-0.39, 0.29) is 24.1 Å². The minimum atomic E-state index is -0.611. The maximum atomic E-state index is 13.9. The number of nitrogens with zero attached hydrogens (tertiary/aromatic N) is 1. The third kappa shape index (κ3) is 6.02. The standard InChI is InChI=1S/C30H42N2O5/c1-6-21-23-17-19(13-14-24(23)31-26(21)28(34)36-7-2)18-25(33)27-22(20-11-9-8-10-12-20)15-16-32(27)29(35)37-30(3,4)5/h13-14,17,20,22,27,31H,6-12,15-16,18H2,1-5H3/t22-,27-/m0/s1. The van der Waals surface area contributed by atoms with E-state index in [1.165, 1.54) is 19.3 Å². The van der Waals surface area contributed by atoms with Crippen molar-refractivity contribution in [2.24, 2.45) is 11.8 Å². The lowest BCUT2D eigenvalue weighted by Crippen LogP contribution is -2.47. The number of esters is 1. The van der Waals surface area contributed by atoms with Gasteiger partial charge in [0.15, 0.2) is 5.78 Å². The predicted octanol–water partition coefficient (Wildman–Crippen LogP) is 6.22. The summed E-state index contributed by atoms with van der Waals surface area (Å²) in [6, 6.07) is 5.42. The number of rotatable bonds is 7. The molecule has 2 heterocycles. The lowest BCUT2D eigenvalue weighted by Gasteiger charge is -2.34. The quantitative estimate of drug-likeness (QED) is 0.447. The number of Topliss-reactive ketones (excluding diaryl/α,β-unsaturated/α-hetero) is 1. The molecule has 1 aromatic heterocycles. The number of H-pyrrole nitrogens is 1. The number of ether oxygens (including phenoxy) is 2. The van der Waals surface area contributed by atoms with Gasteiger partial charge in [0.1, 0.15) is 11.3 Å². The molecule has 37 heavy (non-hydrogen) atoms. The Hall–Kier alpha value is -2.83. The summed E-state index contributed by atoms with van der Waals surface area (Å²) in [5, 5.41) is 0.940. The summed E-state index contributed by atoms with van der Waals surface area (Å²) in [6.07, 6.45) is 7.27. The van der Waals surface area contributed by atoms with Crippen LogP contribution in [-0.2, 0) is 27.1 Å². The second-order valence-electron chi connectivity index (χ2n) is 11.5. The third-order valence-corrected chi connectivity index (χ3v) is 7.84. The molecule has 2 aromatic rings. The van der Waals surface area contributed by atoms with Crippen LogP contribution in [0.2, 0.25) is 0 Å². The molecule has 1 amide bonds. The van der Waals surface area contributed by atoms with Crippen molar-refractivity contribution in [3.05, 3.63) is 35.0 Å². The second kappa shape index (κ2) is 11.3. The van der Waals surface area contributed by atoms with E-state index in [1.807, 2.05) is 45.9 Å². The Bertz CT molecular complexity index is 1140. The topological polar surface area (TPSA) is 88.7 Å². The Morgan fingerprint density at radius 2 is 1.78 bits per heavy atom. The average Bonchev–Trinajstić information content (AvgIpc) is 3.45. The number of aromatic nitrogens is 1. The Morgan fingerprint density at radius 3 is 2.43 bits per heavy atom. The molecule has 1 saturated carbocycles. The fourth-order valence-corrected chi connectivity index (χ4v) is 6.27. The van der Waals surface area contributed by atoms with Crippen molar-refractivity contribution in [2.75, 3.05) is 13.2 Å². The molecular weight excluding hydrogens is 468 g/mol. The van der Waals surface area contributed by atoms with E-state index in [0.29, 0.717) is 31.2 Å². The summed E-state index contributed by atoms with van der Waals surface area (Å²) in [6.45, 7) is 10.3. The second-order valence-corrected chi connectivity index (χ2v) is 11.5. The molecule has 7 nitrogen and oxygen atoms in total. The average molecular weight is 511 g/mol. The fourth-order valence-electron chi connectivity index (χ4n) is 6.27. The number of aromatic amines is 1. The first-order valence-electron chi connectivity index (χ1n) is 14.0. The SMILES string of the molecule is CCOC(=O)c1[nH]c2ccc(CC(=O)[C@@H]3[C@H](C4CCCCC4)CCN3C(=O)OC(C)(C)C)cc2c1CC. The normalized spacial score (nSPS) is 20.8. The maximum absolute atomic E-state index is 13.9. The summed E-state index contributed by atoms with van der Waals surface area (Å²) in [7, 11) is 0. The van der Waals surface area contributed by atoms with Crippen LogP contribution < -0.4 is 0 Å². The van der Waals surface area contributed by atoms with Crippen LogP contribution in [0.4, 0.5) is 4.79 Å². The first-order valence-corrected chi connectivity index (χ1v) is 14.0. The molecule has 2 aliphatic rings. The smallest absolute Gasteiger partial charge is 0.410 e. The third-order valence-electron chi connectivity index (χ3n) is 7.84. The number of ketones is 1. The molecule has 2 fully saturated rings. The number of nitrogens with one attached hydrogen (secondary N) is 1. The highest BCUT2D eigenvalue weighted by Gasteiger charge is 2.46. The monoisotopic (exact) mass is 510 g/mol. The van der Waals surface area contributed by atoms with Gasteiger partial charge < -0.3 is 14.5 Å². The van der Waals surface area contributed by atoms with Crippen LogP contribution in [0.5, 0.6) is 0 Å². The van der Waals surface area contributed by atoms with E-state index in [9.17, 15) is 14.4 Å². The highest BCUT2D eigenvalue weighted by molar-refractivity contribution is 5.99. The van der Waals surface area contributed by atoms with Gasteiger partial charge in [-0.3, -0.25) is 9.69 Å². The molecule has 0 radical (unpaired) electrons. The number of amides is 1. The van der Waals surface area contributed by atoms with E-state index in [4.69, 9.17) is 9.47 Å². The number of carbonyl (C=O) groups is 3. The van der Waals surface area contributed by atoms with E-state index >= 15 is 0 Å². The van der Waals surface area contributed by atoms with Crippen LogP contribution in [0, 0.1) is 11.8 Å². The Labute approximate surface area is 220 Å². The van der Waals surface area contributed by atoms with Gasteiger partial charge in [-0.15, -0.1) is 0 Å². The van der Waals surface area contributed by atoms with Crippen molar-refractivity contribution in [2.45, 2.75) is 97.6 Å². The van der Waals surface area contributed by atoms with Gasteiger partial charge in [0.25, 0.3) is 0 Å². The van der Waals surface area contributed by atoms with E-state index in [0.717, 1.165) is 41.3 Å². The Morgan fingerprint density at radius 1 is 1.05 bits per heavy atom. The van der Waals surface area contributed by atoms with Crippen LogP contribution in [0.1, 0.15) is 94.8 Å². The molecule has 1 aliphatic carbocycles. The Kier molecular flexibility index (Phi) is 8.29. The van der Waals surface area contributed by atoms with Crippen LogP contribution in [-0.4, -0.2) is 52.5 Å². The summed E-state index contributed by atoms with van der Waals surface area (Å²) >= 11 is 0. The molecule has 0 unspecified atom stereocenters. The first kappa shape index (κ1) is 27.2. The van der Waals surface area contributed by atoms with Crippen LogP contribution in [0.25, 0.3) is 10.9 Å². The lowest BCUT2D eigenvalue weighted by atomic mass is 9.75. The zero-order chi connectivity index (χ0) is 26.7. The van der Waals surface area contributed by atoms with Crippen LogP contribution in [0.15, 0.2) is 18.2 Å². The number of benzene rings is 1. The molecule has 1 aromatic carbocycles. The van der Waals surface area contributed by atoms with Gasteiger partial charge in [-0.05, 0) is 75.6 Å². The van der Waals surface area contributed by atoms with Crippen molar-refractivity contribution in [1.82, 2.24) is 9.88 Å². The van der Waals surface area contributed by atoms with E-state index in [2.05, 4.69) is 4.98 Å². The number of carbonyl (C=O) groups excluding carboxylic acids is 3. The van der Waals surface area contributed by atoms with Gasteiger partial charge in [-0.25, -0.2) is 9.59 Å². The molecule has 7 heteroatoms. The number of aryl methyl sites for hydroxylation is 1. The summed E-state index contributed by atoms with van der Waals surface area (Å²) in [5.41, 5.74) is 2.51. The van der Waals surface area contributed by atoms with Gasteiger partial charge in [-0.1, -0.05) is 45.1 Å². The van der Waals surface area contributed by atoms with Gasteiger partial charge in [0.05, 0.1) is 12.6 Å². The summed E-state index contributed by atoms with van der Waals surface area (Å²) in [5.74, 6) is 0.360. The van der Waals surface area contributed by atoms with Gasteiger partial charge >= 0.3 is 12.1 Å². The summed E-state index contributed by atoms with van der Waals surface area (Å²) in [4.78, 5) is 44.4. The van der Waals surface area contributed by atoms with E-state index < -0.39 is 17.7 Å². The summed E-state index contributed by atoms with van der Waals surface area (Å²) < 4.78 is 10.9. The largest absolute Gasteiger partial charge is 0.461 e. The Balaban J connectivity index is 1.61. The van der Waals surface area contributed by atoms with Gasteiger partial charge in [-0.2, -0.15) is 0 Å². The zero-order valence-electron chi connectivity index (χ0n) is 23.0. The van der Waals surface area contributed by atoms with Gasteiger partial charge in [0.2, 0.25) is 0 Å². The number of fused-ring (bicyclic) bond motifs is 1. The van der Waals surface area contributed by atoms with Crippen molar-refractivity contribution in [1.29, 1.82) is 0 Å². The lowest BCUT2D eigenvalue weighted by molar-refractivity contribution is -0.124. The van der Waals surface area contributed by atoms with Gasteiger partial charge in [0, 0.05) is 23.9 Å². The minimum absolute atomic E-state index is 0.0671. The molecule has 1 aliphatic heterocycles. The van der Waals surface area contributed by atoms with Crippen molar-refractivity contribution < 1.29 is 23.9 Å². The van der Waals surface area contributed by atoms with E-state index in [1.54, 1.807) is 11.8 Å². The predicted molar refractivity (Wildman–Crippen MR) is 144 cm³/mol. The number of hydrogen-bond donors (Lipinski definition) is 1. The molecule has 0 bridgehead atoms. The van der Waals surface area contributed by atoms with Crippen LogP contribution >= 0.6 is 0 Å². The zero-order valence-corrected chi connectivity index (χ0v) is 23.0. The molecule has 2 atom stereocenters. The molecule has 1 saturated heterocycles. The van der Waals surface area contributed by atoms with Crippen molar-refractivity contribution >= 4 is 28.7 Å². The molecule has 0 spiro atoms. The van der Waals surface area contributed by atoms with Crippen LogP contribution in [0.3, 0.4) is 0 Å². The number of likely N-dealkylation sites (tertiary alicyclic amines) is 1. The fraction of sp³-hybridized carbons (Fsp3) is 0.633. The highest BCUT2D eigenvalue weighted by atomic mass is 16.6. The maximum Gasteiger partial charge on any atom is 0.410 e. The first-order chi connectivity index (χ1) is 17.6.